The fourth-order valence-electron chi connectivity index (χ4n) is 7.11. The van der Waals surface area contributed by atoms with E-state index < -0.39 is 0 Å². The number of nitrogens with two attached hydrogens (primary N) is 1. The Balaban J connectivity index is 1.28. The second-order valence-corrected chi connectivity index (χ2v) is 15.7. The maximum atomic E-state index is 11.1. The Bertz CT molecular complexity index is 1540. The van der Waals surface area contributed by atoms with Crippen molar-refractivity contribution in [1.82, 2.24) is 5.32 Å². The molecular formula is C44H65ClN2O7. The molecule has 2 aromatic rings. The topological polar surface area (TPSA) is 114 Å². The van der Waals surface area contributed by atoms with Crippen LogP contribution in [0.3, 0.4) is 0 Å². The van der Waals surface area contributed by atoms with Crippen molar-refractivity contribution in [2.45, 2.75) is 91.6 Å². The lowest BCUT2D eigenvalue weighted by atomic mass is 9.64. The number of fused-ring (bicyclic) bond motifs is 2. The van der Waals surface area contributed by atoms with Gasteiger partial charge in [-0.05, 0) is 105 Å². The molecule has 1 aliphatic heterocycles. The summed E-state index contributed by atoms with van der Waals surface area (Å²) in [6.07, 6.45) is 17.5. The van der Waals surface area contributed by atoms with Crippen LogP contribution in [-0.4, -0.2) is 77.0 Å². The summed E-state index contributed by atoms with van der Waals surface area (Å²) in [5.41, 5.74) is 11.9. The molecular weight excluding hydrogens is 704 g/mol. The molecule has 4 N–H and O–H groups in total. The molecule has 0 radical (unpaired) electrons. The SMILES string of the molecule is COc1cc(/C=C/c2cc(O)c(CC=C(C)C)c(OC/C(N)=C/NCCOCCOCCOCCCCCCCl)c2)cc2c1OC1CCCC(C)(C)C1C2. The normalized spacial score (nSPS) is 17.8. The van der Waals surface area contributed by atoms with Gasteiger partial charge in [0.15, 0.2) is 11.5 Å². The van der Waals surface area contributed by atoms with Crippen LogP contribution in [0.1, 0.15) is 94.9 Å². The number of rotatable bonds is 24. The maximum absolute atomic E-state index is 11.1. The highest BCUT2D eigenvalue weighted by Crippen LogP contribution is 2.50. The van der Waals surface area contributed by atoms with Gasteiger partial charge >= 0.3 is 0 Å². The number of phenolic OH excluding ortho intramolecular Hbond substituents is 1. The van der Waals surface area contributed by atoms with E-state index in [9.17, 15) is 5.11 Å². The van der Waals surface area contributed by atoms with Crippen LogP contribution in [0.5, 0.6) is 23.0 Å². The van der Waals surface area contributed by atoms with Gasteiger partial charge < -0.3 is 44.6 Å². The molecule has 0 aromatic heterocycles. The smallest absolute Gasteiger partial charge is 0.164 e. The molecule has 4 rings (SSSR count). The van der Waals surface area contributed by atoms with Gasteiger partial charge in [-0.3, -0.25) is 0 Å². The van der Waals surface area contributed by atoms with Crippen molar-refractivity contribution >= 4 is 23.8 Å². The summed E-state index contributed by atoms with van der Waals surface area (Å²) in [5.74, 6) is 3.60. The molecule has 9 nitrogen and oxygen atoms in total. The first-order valence-electron chi connectivity index (χ1n) is 19.8. The van der Waals surface area contributed by atoms with E-state index in [1.807, 2.05) is 38.1 Å². The van der Waals surface area contributed by atoms with Gasteiger partial charge in [0, 0.05) is 36.7 Å². The summed E-state index contributed by atoms with van der Waals surface area (Å²) in [5, 5.41) is 14.3. The van der Waals surface area contributed by atoms with E-state index in [1.54, 1.807) is 19.4 Å². The minimum absolute atomic E-state index is 0.159. The van der Waals surface area contributed by atoms with E-state index in [-0.39, 0.29) is 23.9 Å². The molecule has 0 saturated heterocycles. The molecule has 0 bridgehead atoms. The highest BCUT2D eigenvalue weighted by molar-refractivity contribution is 6.17. The number of unbranched alkanes of at least 4 members (excludes halogenated alkanes) is 3. The number of benzene rings is 2. The van der Waals surface area contributed by atoms with Crippen LogP contribution in [-0.2, 0) is 27.1 Å². The Morgan fingerprint density at radius 3 is 2.35 bits per heavy atom. The van der Waals surface area contributed by atoms with E-state index in [0.717, 1.165) is 79.2 Å². The number of aromatic hydroxyl groups is 1. The zero-order chi connectivity index (χ0) is 38.8. The molecule has 1 heterocycles. The van der Waals surface area contributed by atoms with Gasteiger partial charge in [0.1, 0.15) is 24.2 Å². The lowest BCUT2D eigenvalue weighted by Gasteiger charge is -2.47. The third kappa shape index (κ3) is 14.0. The minimum Gasteiger partial charge on any atom is -0.507 e. The van der Waals surface area contributed by atoms with Gasteiger partial charge in [0.2, 0.25) is 0 Å². The molecule has 0 amide bonds. The van der Waals surface area contributed by atoms with E-state index in [1.165, 1.54) is 18.4 Å². The van der Waals surface area contributed by atoms with Crippen molar-refractivity contribution < 1.29 is 33.5 Å². The highest BCUT2D eigenvalue weighted by Gasteiger charge is 2.43. The minimum atomic E-state index is 0.159. The molecule has 2 unspecified atom stereocenters. The summed E-state index contributed by atoms with van der Waals surface area (Å²) in [4.78, 5) is 0. The number of ether oxygens (including phenoxy) is 6. The lowest BCUT2D eigenvalue weighted by Crippen LogP contribution is -2.45. The Hall–Kier alpha value is -3.37. The Morgan fingerprint density at radius 1 is 0.944 bits per heavy atom. The van der Waals surface area contributed by atoms with Gasteiger partial charge in [0.05, 0.1) is 45.8 Å². The van der Waals surface area contributed by atoms with Crippen LogP contribution >= 0.6 is 11.6 Å². The summed E-state index contributed by atoms with van der Waals surface area (Å²) >= 11 is 5.70. The first kappa shape index (κ1) is 43.4. The highest BCUT2D eigenvalue weighted by atomic mass is 35.5. The molecule has 2 aliphatic rings. The van der Waals surface area contributed by atoms with E-state index >= 15 is 0 Å². The van der Waals surface area contributed by atoms with Crippen molar-refractivity contribution in [2.75, 3.05) is 65.8 Å². The second kappa shape index (κ2) is 22.9. The number of methoxy groups -OCH3 is 1. The fourth-order valence-corrected chi connectivity index (χ4v) is 7.30. The Morgan fingerprint density at radius 2 is 1.63 bits per heavy atom. The number of hydrogen-bond donors (Lipinski definition) is 3. The van der Waals surface area contributed by atoms with Crippen molar-refractivity contribution in [2.24, 2.45) is 17.1 Å². The summed E-state index contributed by atoms with van der Waals surface area (Å²) in [6.45, 7) is 13.1. The summed E-state index contributed by atoms with van der Waals surface area (Å²) in [7, 11) is 1.70. The zero-order valence-corrected chi connectivity index (χ0v) is 34.1. The average Bonchev–Trinajstić information content (AvgIpc) is 3.14. The fraction of sp³-hybridized carbons (Fsp3) is 0.591. The van der Waals surface area contributed by atoms with Crippen LogP contribution in [0, 0.1) is 11.3 Å². The monoisotopic (exact) mass is 768 g/mol. The summed E-state index contributed by atoms with van der Waals surface area (Å²) < 4.78 is 35.4. The molecule has 10 heteroatoms. The Labute approximate surface area is 329 Å². The molecule has 54 heavy (non-hydrogen) atoms. The van der Waals surface area contributed by atoms with Crippen LogP contribution in [0.4, 0.5) is 0 Å². The van der Waals surface area contributed by atoms with E-state index in [0.29, 0.717) is 68.9 Å². The van der Waals surface area contributed by atoms with Crippen molar-refractivity contribution in [1.29, 1.82) is 0 Å². The first-order chi connectivity index (χ1) is 26.1. The molecule has 300 valence electrons. The molecule has 1 saturated carbocycles. The predicted octanol–water partition coefficient (Wildman–Crippen LogP) is 8.83. The van der Waals surface area contributed by atoms with Gasteiger partial charge in [-0.15, -0.1) is 11.6 Å². The number of allylic oxidation sites excluding steroid dienone is 2. The van der Waals surface area contributed by atoms with Crippen molar-refractivity contribution in [3.8, 4) is 23.0 Å². The quantitative estimate of drug-likeness (QED) is 0.0417. The number of phenols is 1. The van der Waals surface area contributed by atoms with E-state index in [4.69, 9.17) is 45.8 Å². The summed E-state index contributed by atoms with van der Waals surface area (Å²) in [6, 6.07) is 7.95. The van der Waals surface area contributed by atoms with Gasteiger partial charge in [-0.25, -0.2) is 0 Å². The van der Waals surface area contributed by atoms with Gasteiger partial charge in [0.25, 0.3) is 0 Å². The molecule has 2 aromatic carbocycles. The molecule has 0 spiro atoms. The number of alkyl halides is 1. The molecule has 2 atom stereocenters. The zero-order valence-electron chi connectivity index (χ0n) is 33.4. The third-order valence-corrected chi connectivity index (χ3v) is 10.5. The predicted molar refractivity (Wildman–Crippen MR) is 220 cm³/mol. The van der Waals surface area contributed by atoms with Crippen molar-refractivity contribution in [3.63, 3.8) is 0 Å². The molecule has 1 fully saturated rings. The number of nitrogens with one attached hydrogen (secondary N) is 1. The third-order valence-electron chi connectivity index (χ3n) is 10.2. The van der Waals surface area contributed by atoms with Crippen LogP contribution in [0.15, 0.2) is 47.8 Å². The number of hydrogen-bond acceptors (Lipinski definition) is 9. The first-order valence-corrected chi connectivity index (χ1v) is 20.3. The van der Waals surface area contributed by atoms with Crippen LogP contribution in [0.25, 0.3) is 12.2 Å². The largest absolute Gasteiger partial charge is 0.507 e. The second-order valence-electron chi connectivity index (χ2n) is 15.3. The number of halogens is 1. The van der Waals surface area contributed by atoms with Gasteiger partial charge in [-0.1, -0.05) is 50.5 Å². The maximum Gasteiger partial charge on any atom is 0.164 e. The molecule has 1 aliphatic carbocycles. The van der Waals surface area contributed by atoms with Gasteiger partial charge in [-0.2, -0.15) is 0 Å². The Kier molecular flexibility index (Phi) is 18.4. The van der Waals surface area contributed by atoms with E-state index in [2.05, 4.69) is 31.3 Å². The standard InChI is InChI=1S/C44H65ClN2O7/c1-32(2)12-15-37-39(48)26-34(14-13-33-25-35-29-38-40(11-10-16-44(38,3)4)54-43(35)42(28-33)49-5)27-41(37)53-31-36(46)30-47-18-20-51-22-24-52-23-21-50-19-9-7-6-8-17-45/h12-14,25-28,30,38,40,47-48H,6-11,15-24,29,31,46H2,1-5H3/b14-13+,36-30-. The van der Waals surface area contributed by atoms with Crippen molar-refractivity contribution in [3.05, 3.63) is 70.1 Å². The lowest BCUT2D eigenvalue weighted by molar-refractivity contribution is -0.00708. The van der Waals surface area contributed by atoms with Crippen LogP contribution < -0.4 is 25.3 Å². The average molecular weight is 769 g/mol. The van der Waals surface area contributed by atoms with Crippen LogP contribution in [0.2, 0.25) is 0 Å².